The predicted octanol–water partition coefficient (Wildman–Crippen LogP) is 2.33. The van der Waals surface area contributed by atoms with Gasteiger partial charge in [0.1, 0.15) is 0 Å². The summed E-state index contributed by atoms with van der Waals surface area (Å²) in [7, 11) is 0. The highest BCUT2D eigenvalue weighted by atomic mass is 16.2. The number of para-hydroxylation sites is 1. The first-order valence-electron chi connectivity index (χ1n) is 8.47. The molecule has 6 heteroatoms. The molecule has 0 aliphatic heterocycles. The molecule has 0 aliphatic rings. The number of benzene rings is 2. The van der Waals surface area contributed by atoms with E-state index in [4.69, 9.17) is 0 Å². The fraction of sp³-hybridized carbons (Fsp3) is 0.250. The van der Waals surface area contributed by atoms with Gasteiger partial charge in [-0.05, 0) is 23.6 Å². The van der Waals surface area contributed by atoms with E-state index in [1.165, 1.54) is 0 Å². The van der Waals surface area contributed by atoms with Gasteiger partial charge in [0.25, 0.3) is 5.91 Å². The molecule has 0 saturated heterocycles. The molecule has 0 aliphatic carbocycles. The first-order valence-corrected chi connectivity index (χ1v) is 8.47. The summed E-state index contributed by atoms with van der Waals surface area (Å²) >= 11 is 0. The maximum Gasteiger partial charge on any atom is 0.313 e. The Morgan fingerprint density at radius 1 is 0.846 bits per heavy atom. The van der Waals surface area contributed by atoms with E-state index in [1.807, 2.05) is 44.2 Å². The lowest BCUT2D eigenvalue weighted by atomic mass is 10.1. The van der Waals surface area contributed by atoms with E-state index >= 15 is 0 Å². The Kier molecular flexibility index (Phi) is 6.91. The van der Waals surface area contributed by atoms with Crippen molar-refractivity contribution in [3.8, 4) is 0 Å². The minimum Gasteiger partial charge on any atom is -0.348 e. The van der Waals surface area contributed by atoms with Crippen molar-refractivity contribution in [2.75, 3.05) is 11.9 Å². The second kappa shape index (κ2) is 9.36. The molecule has 0 radical (unpaired) electrons. The second-order valence-electron chi connectivity index (χ2n) is 6.27. The SMILES string of the molecule is CC(C)CNC(=O)C(=O)Nc1ccccc1C(=O)NCc1ccccc1. The summed E-state index contributed by atoms with van der Waals surface area (Å²) in [6, 6.07) is 16.1. The topological polar surface area (TPSA) is 87.3 Å². The molecule has 0 unspecified atom stereocenters. The van der Waals surface area contributed by atoms with Crippen molar-refractivity contribution < 1.29 is 14.4 Å². The lowest BCUT2D eigenvalue weighted by Crippen LogP contribution is -2.37. The molecule has 2 aromatic carbocycles. The van der Waals surface area contributed by atoms with E-state index in [0.29, 0.717) is 24.3 Å². The first-order chi connectivity index (χ1) is 12.5. The molecule has 0 bridgehead atoms. The molecule has 3 amide bonds. The minimum atomic E-state index is -0.797. The van der Waals surface area contributed by atoms with E-state index in [9.17, 15) is 14.4 Å². The van der Waals surface area contributed by atoms with Crippen LogP contribution in [0.5, 0.6) is 0 Å². The maximum atomic E-state index is 12.4. The quantitative estimate of drug-likeness (QED) is 0.697. The van der Waals surface area contributed by atoms with E-state index in [0.717, 1.165) is 5.56 Å². The average Bonchev–Trinajstić information content (AvgIpc) is 2.65. The molecule has 3 N–H and O–H groups in total. The number of carbonyl (C=O) groups is 3. The van der Waals surface area contributed by atoms with Gasteiger partial charge in [0.15, 0.2) is 0 Å². The van der Waals surface area contributed by atoms with Crippen LogP contribution in [0.25, 0.3) is 0 Å². The van der Waals surface area contributed by atoms with Gasteiger partial charge in [-0.2, -0.15) is 0 Å². The molecular weight excluding hydrogens is 330 g/mol. The van der Waals surface area contributed by atoms with Crippen molar-refractivity contribution >= 4 is 23.4 Å². The average molecular weight is 353 g/mol. The van der Waals surface area contributed by atoms with Crippen LogP contribution in [0, 0.1) is 5.92 Å². The smallest absolute Gasteiger partial charge is 0.313 e. The lowest BCUT2D eigenvalue weighted by Gasteiger charge is -2.12. The second-order valence-corrected chi connectivity index (χ2v) is 6.27. The highest BCUT2D eigenvalue weighted by Gasteiger charge is 2.17. The number of amides is 3. The molecule has 0 spiro atoms. The fourth-order valence-corrected chi connectivity index (χ4v) is 2.22. The molecule has 0 saturated carbocycles. The van der Waals surface area contributed by atoms with E-state index < -0.39 is 11.8 Å². The largest absolute Gasteiger partial charge is 0.348 e. The third-order valence-corrected chi connectivity index (χ3v) is 3.59. The number of anilines is 1. The Bertz CT molecular complexity index is 773. The summed E-state index contributed by atoms with van der Waals surface area (Å²) < 4.78 is 0. The normalized spacial score (nSPS) is 10.3. The summed E-state index contributed by atoms with van der Waals surface area (Å²) in [5.41, 5.74) is 1.56. The number of hydrogen-bond donors (Lipinski definition) is 3. The Balaban J connectivity index is 2.01. The third-order valence-electron chi connectivity index (χ3n) is 3.59. The zero-order chi connectivity index (χ0) is 18.9. The van der Waals surface area contributed by atoms with Gasteiger partial charge in [-0.1, -0.05) is 56.3 Å². The van der Waals surface area contributed by atoms with Crippen LogP contribution in [0.2, 0.25) is 0 Å². The molecule has 0 aromatic heterocycles. The number of rotatable bonds is 6. The van der Waals surface area contributed by atoms with Crippen molar-refractivity contribution in [2.24, 2.45) is 5.92 Å². The molecule has 0 fully saturated rings. The zero-order valence-electron chi connectivity index (χ0n) is 14.9. The van der Waals surface area contributed by atoms with Crippen molar-refractivity contribution in [3.05, 3.63) is 65.7 Å². The van der Waals surface area contributed by atoms with Crippen LogP contribution in [0.15, 0.2) is 54.6 Å². The van der Waals surface area contributed by atoms with Gasteiger partial charge in [-0.3, -0.25) is 14.4 Å². The molecule has 2 rings (SSSR count). The van der Waals surface area contributed by atoms with Crippen LogP contribution in [-0.4, -0.2) is 24.3 Å². The Labute approximate surface area is 153 Å². The van der Waals surface area contributed by atoms with Crippen molar-refractivity contribution in [1.82, 2.24) is 10.6 Å². The van der Waals surface area contributed by atoms with Gasteiger partial charge >= 0.3 is 11.8 Å². The molecule has 136 valence electrons. The summed E-state index contributed by atoms with van der Waals surface area (Å²) in [5.74, 6) is -1.61. The minimum absolute atomic E-state index is 0.239. The van der Waals surface area contributed by atoms with E-state index in [1.54, 1.807) is 24.3 Å². The van der Waals surface area contributed by atoms with E-state index in [-0.39, 0.29) is 11.8 Å². The van der Waals surface area contributed by atoms with Gasteiger partial charge in [0.2, 0.25) is 0 Å². The van der Waals surface area contributed by atoms with E-state index in [2.05, 4.69) is 16.0 Å². The number of hydrogen-bond acceptors (Lipinski definition) is 3. The number of nitrogens with one attached hydrogen (secondary N) is 3. The fourth-order valence-electron chi connectivity index (χ4n) is 2.22. The standard InChI is InChI=1S/C20H23N3O3/c1-14(2)12-21-19(25)20(26)23-17-11-7-6-10-16(17)18(24)22-13-15-8-4-3-5-9-15/h3-11,14H,12-13H2,1-2H3,(H,21,25)(H,22,24)(H,23,26). The summed E-state index contributed by atoms with van der Waals surface area (Å²) in [6.45, 7) is 4.65. The van der Waals surface area contributed by atoms with Crippen molar-refractivity contribution in [1.29, 1.82) is 0 Å². The van der Waals surface area contributed by atoms with Gasteiger partial charge < -0.3 is 16.0 Å². The molecule has 0 heterocycles. The molecule has 2 aromatic rings. The van der Waals surface area contributed by atoms with Crippen molar-refractivity contribution in [2.45, 2.75) is 20.4 Å². The van der Waals surface area contributed by atoms with Crippen LogP contribution in [0.3, 0.4) is 0 Å². The molecule has 0 atom stereocenters. The van der Waals surface area contributed by atoms with Crippen LogP contribution in [0.4, 0.5) is 5.69 Å². The summed E-state index contributed by atoms with van der Waals surface area (Å²) in [5, 5.41) is 7.85. The Hall–Kier alpha value is -3.15. The predicted molar refractivity (Wildman–Crippen MR) is 101 cm³/mol. The van der Waals surface area contributed by atoms with Gasteiger partial charge in [0.05, 0.1) is 11.3 Å². The Morgan fingerprint density at radius 2 is 1.50 bits per heavy atom. The molecule has 6 nitrogen and oxygen atoms in total. The Morgan fingerprint density at radius 3 is 2.19 bits per heavy atom. The molecule has 26 heavy (non-hydrogen) atoms. The van der Waals surface area contributed by atoms with Crippen LogP contribution in [-0.2, 0) is 16.1 Å². The van der Waals surface area contributed by atoms with Crippen molar-refractivity contribution in [3.63, 3.8) is 0 Å². The van der Waals surface area contributed by atoms with Gasteiger partial charge in [0, 0.05) is 13.1 Å². The highest BCUT2D eigenvalue weighted by Crippen LogP contribution is 2.15. The zero-order valence-corrected chi connectivity index (χ0v) is 14.9. The maximum absolute atomic E-state index is 12.4. The molecular formula is C20H23N3O3. The van der Waals surface area contributed by atoms with Crippen LogP contribution in [0.1, 0.15) is 29.8 Å². The van der Waals surface area contributed by atoms with Gasteiger partial charge in [-0.15, -0.1) is 0 Å². The number of carbonyl (C=O) groups excluding carboxylic acids is 3. The summed E-state index contributed by atoms with van der Waals surface area (Å²) in [6.07, 6.45) is 0. The highest BCUT2D eigenvalue weighted by molar-refractivity contribution is 6.40. The van der Waals surface area contributed by atoms with Gasteiger partial charge in [-0.25, -0.2) is 0 Å². The lowest BCUT2D eigenvalue weighted by molar-refractivity contribution is -0.136. The van der Waals surface area contributed by atoms with Crippen LogP contribution >= 0.6 is 0 Å². The third kappa shape index (κ3) is 5.73. The summed E-state index contributed by atoms with van der Waals surface area (Å²) in [4.78, 5) is 36.3. The monoisotopic (exact) mass is 353 g/mol. The van der Waals surface area contributed by atoms with Crippen LogP contribution < -0.4 is 16.0 Å². The first kappa shape index (κ1) is 19.2.